The Balaban J connectivity index is 0.835. The fourth-order valence-corrected chi connectivity index (χ4v) is 17.7. The van der Waals surface area contributed by atoms with Gasteiger partial charge in [-0.05, 0) is 164 Å². The maximum atomic E-state index is 2.58. The van der Waals surface area contributed by atoms with Crippen molar-refractivity contribution in [1.29, 1.82) is 0 Å². The zero-order chi connectivity index (χ0) is 66.0. The van der Waals surface area contributed by atoms with E-state index >= 15 is 0 Å². The van der Waals surface area contributed by atoms with Gasteiger partial charge < -0.3 is 22.8 Å². The fraction of sp³-hybridized carbons (Fsp3) is 0. The van der Waals surface area contributed by atoms with Gasteiger partial charge in [-0.1, -0.05) is 255 Å². The molecule has 0 N–H and O–H groups in total. The van der Waals surface area contributed by atoms with Crippen molar-refractivity contribution in [2.24, 2.45) is 0 Å². The van der Waals surface area contributed by atoms with Gasteiger partial charge in [-0.3, -0.25) is 0 Å². The molecule has 5 heterocycles. The van der Waals surface area contributed by atoms with Crippen LogP contribution in [0.5, 0.6) is 0 Å². The van der Waals surface area contributed by atoms with Gasteiger partial charge in [0.2, 0.25) is 0 Å². The lowest BCUT2D eigenvalue weighted by Crippen LogP contribution is -2.05. The molecule has 0 saturated heterocycles. The molecule has 0 amide bonds. The molecule has 0 saturated carbocycles. The van der Waals surface area contributed by atoms with Gasteiger partial charge in [0, 0.05) is 65.1 Å². The summed E-state index contributed by atoms with van der Waals surface area (Å²) in [6.45, 7) is 0. The predicted octanol–water partition coefficient (Wildman–Crippen LogP) is 25.5. The second-order valence-electron chi connectivity index (χ2n) is 27.0. The molecule has 16 aromatic carbocycles. The molecule has 0 unspecified atom stereocenters. The maximum absolute atomic E-state index is 2.58. The highest BCUT2D eigenvalue weighted by molar-refractivity contribution is 6.21. The molecule has 1 aliphatic rings. The largest absolute Gasteiger partial charge is 0.309 e. The van der Waals surface area contributed by atoms with Crippen molar-refractivity contribution in [3.63, 3.8) is 0 Å². The molecule has 21 aromatic rings. The van der Waals surface area contributed by atoms with Gasteiger partial charge in [-0.25, -0.2) is 0 Å². The van der Waals surface area contributed by atoms with Crippen LogP contribution in [-0.2, 0) is 0 Å². The number of hydrogen-bond acceptors (Lipinski definition) is 0. The van der Waals surface area contributed by atoms with Crippen molar-refractivity contribution in [3.05, 3.63) is 358 Å². The van der Waals surface area contributed by atoms with Crippen molar-refractivity contribution in [1.82, 2.24) is 22.8 Å². The van der Waals surface area contributed by atoms with Crippen LogP contribution in [0.1, 0.15) is 0 Å². The lowest BCUT2D eigenvalue weighted by atomic mass is 9.80. The van der Waals surface area contributed by atoms with Crippen LogP contribution < -0.4 is 0 Å². The Bertz CT molecular complexity index is 6930. The predicted molar refractivity (Wildman–Crippen MR) is 424 cm³/mol. The molecule has 0 aliphatic heterocycles. The monoisotopic (exact) mass is 1280 g/mol. The van der Waals surface area contributed by atoms with E-state index in [2.05, 4.69) is 381 Å². The first-order chi connectivity index (χ1) is 50.2. The zero-order valence-corrected chi connectivity index (χ0v) is 54.8. The van der Waals surface area contributed by atoms with Crippen molar-refractivity contribution in [2.75, 3.05) is 0 Å². The molecule has 0 bridgehead atoms. The molecule has 5 nitrogen and oxygen atoms in total. The summed E-state index contributed by atoms with van der Waals surface area (Å²) in [7, 11) is 0. The number of aromatic nitrogens is 5. The Labute approximate surface area is 581 Å². The lowest BCUT2D eigenvalue weighted by Gasteiger charge is -2.24. The highest BCUT2D eigenvalue weighted by Gasteiger charge is 2.28. The molecular weight excluding hydrogens is 1220 g/mol. The topological polar surface area (TPSA) is 24.6 Å². The van der Waals surface area contributed by atoms with E-state index in [1.165, 1.54) is 104 Å². The van der Waals surface area contributed by atoms with Gasteiger partial charge in [0.15, 0.2) is 0 Å². The summed E-state index contributed by atoms with van der Waals surface area (Å²) in [6, 6.07) is 134. The van der Waals surface area contributed by atoms with E-state index in [0.29, 0.717) is 0 Å². The highest BCUT2D eigenvalue weighted by Crippen LogP contribution is 2.52. The summed E-state index contributed by atoms with van der Waals surface area (Å²) in [6.07, 6.45) is 0. The molecule has 0 atom stereocenters. The molecule has 5 heteroatoms. The number of benzene rings is 16. The minimum absolute atomic E-state index is 1.08. The van der Waals surface area contributed by atoms with Crippen LogP contribution in [0.25, 0.3) is 204 Å². The molecule has 0 radical (unpaired) electrons. The normalized spacial score (nSPS) is 12.2. The van der Waals surface area contributed by atoms with E-state index in [1.807, 2.05) is 0 Å². The van der Waals surface area contributed by atoms with E-state index in [9.17, 15) is 0 Å². The van der Waals surface area contributed by atoms with Crippen molar-refractivity contribution >= 4 is 109 Å². The van der Waals surface area contributed by atoms with Crippen molar-refractivity contribution in [2.45, 2.75) is 0 Å². The first-order valence-corrected chi connectivity index (χ1v) is 34.9. The number of rotatable bonds is 7. The minimum Gasteiger partial charge on any atom is -0.309 e. The van der Waals surface area contributed by atoms with Crippen molar-refractivity contribution in [3.8, 4) is 95.2 Å². The second kappa shape index (κ2) is 21.5. The molecule has 5 aromatic heterocycles. The summed E-state index contributed by atoms with van der Waals surface area (Å²) in [4.78, 5) is 0. The van der Waals surface area contributed by atoms with Crippen LogP contribution in [0.4, 0.5) is 0 Å². The number of para-hydroxylation sites is 10. The van der Waals surface area contributed by atoms with Gasteiger partial charge in [-0.2, -0.15) is 0 Å². The third kappa shape index (κ3) is 7.97. The van der Waals surface area contributed by atoms with E-state index in [4.69, 9.17) is 0 Å². The van der Waals surface area contributed by atoms with Gasteiger partial charge in [-0.15, -0.1) is 0 Å². The third-order valence-electron chi connectivity index (χ3n) is 21.9. The van der Waals surface area contributed by atoms with Crippen LogP contribution in [0, 0.1) is 0 Å². The molecule has 468 valence electrons. The Morgan fingerprint density at radius 2 is 0.465 bits per heavy atom. The van der Waals surface area contributed by atoms with Crippen LogP contribution >= 0.6 is 0 Å². The lowest BCUT2D eigenvalue weighted by molar-refractivity contribution is 1.08. The summed E-state index contributed by atoms with van der Waals surface area (Å²) in [5.41, 5.74) is 31.3. The fourth-order valence-electron chi connectivity index (χ4n) is 17.7. The molecule has 22 rings (SSSR count). The molecular formula is C96H59N5. The van der Waals surface area contributed by atoms with Crippen LogP contribution in [0.15, 0.2) is 358 Å². The van der Waals surface area contributed by atoms with Gasteiger partial charge >= 0.3 is 0 Å². The molecule has 0 fully saturated rings. The van der Waals surface area contributed by atoms with Gasteiger partial charge in [0.25, 0.3) is 0 Å². The zero-order valence-electron chi connectivity index (χ0n) is 54.8. The Morgan fingerprint density at radius 3 is 0.970 bits per heavy atom. The first-order valence-electron chi connectivity index (χ1n) is 34.9. The van der Waals surface area contributed by atoms with E-state index < -0.39 is 0 Å². The maximum Gasteiger partial charge on any atom is 0.0783 e. The van der Waals surface area contributed by atoms with Crippen LogP contribution in [-0.4, -0.2) is 22.8 Å². The van der Waals surface area contributed by atoms with E-state index in [1.54, 1.807) is 0 Å². The Morgan fingerprint density at radius 1 is 0.149 bits per heavy atom. The van der Waals surface area contributed by atoms with Gasteiger partial charge in [0.1, 0.15) is 0 Å². The quantitative estimate of drug-likeness (QED) is 0.152. The van der Waals surface area contributed by atoms with Crippen LogP contribution in [0.3, 0.4) is 0 Å². The molecule has 1 aliphatic carbocycles. The standard InChI is InChI=1S/C96H59N5/c1-2-26-65-64(25-1)66-27-3-4-29-68(66)70-54-51-61(58-80(70)69-30-6-5-28-67(65)69)79-57-60(52-55-89(79)98-88-46-20-13-37-77(88)81-59-62(53-56-90(81)98)97-82-40-14-7-31-71(82)72-32-8-15-41-83(72)97)63-38-23-49-93-95(63)78-39-24-50-94(100-86-44-18-11-35-75(86)76-36-12-19-45-87(76)100)96(78)101(93)92-48-22-21-47-91(92)99-84-42-16-9-33-73(84)74-34-10-17-43-85(74)99/h1-59H. The average molecular weight is 1280 g/mol. The number of fused-ring (bicyclic) bond motifs is 23. The van der Waals surface area contributed by atoms with E-state index in [0.717, 1.165) is 100 Å². The SMILES string of the molecule is c1ccc2c(c1)-c1ccccc1-c1ccc(-c3cc(-c4cccc5c4c4cccc(-n6c7ccccc7c7ccccc76)c4n5-c4ccccc4-n4c5ccccc5c5ccccc54)ccc3-n3c4ccccc4c4cc(-n5c6ccccc6c6ccccc65)ccc43)cc1-c1ccccc1-2. The molecule has 101 heavy (non-hydrogen) atoms. The van der Waals surface area contributed by atoms with E-state index in [-0.39, 0.29) is 0 Å². The van der Waals surface area contributed by atoms with Gasteiger partial charge in [0.05, 0.1) is 77.9 Å². The number of hydrogen-bond donors (Lipinski definition) is 0. The first kappa shape index (κ1) is 55.6. The number of nitrogens with zero attached hydrogens (tertiary/aromatic N) is 5. The summed E-state index contributed by atoms with van der Waals surface area (Å²) in [5, 5.41) is 12.1. The molecule has 0 spiro atoms. The Kier molecular flexibility index (Phi) is 11.8. The smallest absolute Gasteiger partial charge is 0.0783 e. The highest BCUT2D eigenvalue weighted by atomic mass is 15.1. The summed E-state index contributed by atoms with van der Waals surface area (Å²) in [5.74, 6) is 0. The summed E-state index contributed by atoms with van der Waals surface area (Å²) < 4.78 is 12.5. The third-order valence-corrected chi connectivity index (χ3v) is 21.9. The minimum atomic E-state index is 1.08. The Hall–Kier alpha value is -13.5. The summed E-state index contributed by atoms with van der Waals surface area (Å²) >= 11 is 0. The average Bonchev–Trinajstić information content (AvgIpc) is 1.56. The van der Waals surface area contributed by atoms with Crippen molar-refractivity contribution < 1.29 is 0 Å². The van der Waals surface area contributed by atoms with Crippen LogP contribution in [0.2, 0.25) is 0 Å². The second-order valence-corrected chi connectivity index (χ2v) is 27.0.